The summed E-state index contributed by atoms with van der Waals surface area (Å²) >= 11 is 0. The van der Waals surface area contributed by atoms with Crippen LogP contribution < -0.4 is 17.2 Å². The molecule has 0 aromatic carbocycles. The van der Waals surface area contributed by atoms with E-state index in [1.165, 1.54) is 0 Å². The van der Waals surface area contributed by atoms with Crippen molar-refractivity contribution in [1.82, 2.24) is 0 Å². The first-order chi connectivity index (χ1) is 4.95. The topological polar surface area (TPSA) is 104 Å². The summed E-state index contributed by atoms with van der Waals surface area (Å²) in [6, 6.07) is 0. The van der Waals surface area contributed by atoms with Gasteiger partial charge in [0.25, 0.3) is 5.97 Å². The molecule has 0 atom stereocenters. The number of hydrogen-bond donors (Lipinski definition) is 3. The molecule has 0 aromatic rings. The Morgan fingerprint density at radius 2 is 2.00 bits per heavy atom. The van der Waals surface area contributed by atoms with Crippen LogP contribution in [0.15, 0.2) is 0 Å². The van der Waals surface area contributed by atoms with E-state index in [0.29, 0.717) is 6.42 Å². The van der Waals surface area contributed by atoms with Gasteiger partial charge in [0.15, 0.2) is 0 Å². The molecule has 5 heteroatoms. The highest BCUT2D eigenvalue weighted by Gasteiger charge is 2.16. The maximum Gasteiger partial charge on any atom is 0.309 e. The molecule has 0 aromatic heterocycles. The van der Waals surface area contributed by atoms with Crippen molar-refractivity contribution in [2.45, 2.75) is 32.2 Å². The Hall–Kier alpha value is -0.650. The lowest BCUT2D eigenvalue weighted by molar-refractivity contribution is -0.158. The number of rotatable bonds is 4. The summed E-state index contributed by atoms with van der Waals surface area (Å²) in [5.41, 5.74) is 15.1. The molecule has 66 valence electrons. The van der Waals surface area contributed by atoms with Crippen molar-refractivity contribution >= 4 is 5.97 Å². The predicted octanol–water partition coefficient (Wildman–Crippen LogP) is -0.793. The van der Waals surface area contributed by atoms with Crippen molar-refractivity contribution in [2.24, 2.45) is 17.2 Å². The Balaban J connectivity index is 3.53. The second kappa shape index (κ2) is 4.27. The van der Waals surface area contributed by atoms with E-state index in [0.717, 1.165) is 12.8 Å². The van der Waals surface area contributed by atoms with E-state index in [1.54, 1.807) is 0 Å². The Kier molecular flexibility index (Phi) is 4.02. The molecule has 0 unspecified atom stereocenters. The summed E-state index contributed by atoms with van der Waals surface area (Å²) < 4.78 is 4.43. The highest BCUT2D eigenvalue weighted by molar-refractivity contribution is 5.69. The summed E-state index contributed by atoms with van der Waals surface area (Å²) in [6.07, 6.45) is 1.99. The Bertz CT molecular complexity index is 130. The maximum atomic E-state index is 10.8. The van der Waals surface area contributed by atoms with Gasteiger partial charge in [-0.1, -0.05) is 13.3 Å². The molecule has 0 spiro atoms. The molecule has 0 aliphatic rings. The van der Waals surface area contributed by atoms with Crippen LogP contribution in [0.25, 0.3) is 0 Å². The van der Waals surface area contributed by atoms with Crippen molar-refractivity contribution < 1.29 is 9.53 Å². The van der Waals surface area contributed by atoms with Crippen molar-refractivity contribution in [3.8, 4) is 0 Å². The van der Waals surface area contributed by atoms with E-state index in [4.69, 9.17) is 17.2 Å². The fourth-order valence-corrected chi connectivity index (χ4v) is 0.569. The number of nitrogens with two attached hydrogens (primary N) is 3. The molecule has 11 heavy (non-hydrogen) atoms. The van der Waals surface area contributed by atoms with E-state index in [-0.39, 0.29) is 0 Å². The molecule has 0 radical (unpaired) electrons. The number of unbranched alkanes of at least 4 members (excludes halogenated alkanes) is 1. The van der Waals surface area contributed by atoms with Gasteiger partial charge in [-0.2, -0.15) is 0 Å². The SMILES string of the molecule is CCCCC(=O)OC(N)(N)N. The van der Waals surface area contributed by atoms with Gasteiger partial charge in [0.2, 0.25) is 0 Å². The molecule has 0 amide bonds. The second-order valence-corrected chi connectivity index (χ2v) is 2.43. The number of carbonyl (C=O) groups is 1. The van der Waals surface area contributed by atoms with Crippen LogP contribution in [0.3, 0.4) is 0 Å². The molecule has 0 bridgehead atoms. The minimum absolute atomic E-state index is 0.309. The molecule has 0 saturated carbocycles. The van der Waals surface area contributed by atoms with Gasteiger partial charge in [0.05, 0.1) is 0 Å². The van der Waals surface area contributed by atoms with Crippen LogP contribution in [0.2, 0.25) is 0 Å². The third-order valence-corrected chi connectivity index (χ3v) is 1.03. The first-order valence-corrected chi connectivity index (χ1v) is 3.54. The monoisotopic (exact) mass is 161 g/mol. The normalized spacial score (nSPS) is 11.3. The zero-order valence-electron chi connectivity index (χ0n) is 6.67. The first kappa shape index (κ1) is 10.3. The number of hydrogen-bond acceptors (Lipinski definition) is 5. The fourth-order valence-electron chi connectivity index (χ4n) is 0.569. The molecule has 0 saturated heterocycles. The zero-order chi connectivity index (χ0) is 8.91. The largest absolute Gasteiger partial charge is 0.416 e. The molecule has 0 fully saturated rings. The number of carbonyl (C=O) groups excluding carboxylic acids is 1. The quantitative estimate of drug-likeness (QED) is 0.370. The van der Waals surface area contributed by atoms with Crippen molar-refractivity contribution in [2.75, 3.05) is 0 Å². The second-order valence-electron chi connectivity index (χ2n) is 2.43. The molecule has 0 heterocycles. The van der Waals surface area contributed by atoms with Crippen LogP contribution in [0, 0.1) is 0 Å². The smallest absolute Gasteiger partial charge is 0.309 e. The molecule has 0 aliphatic heterocycles. The summed E-state index contributed by atoms with van der Waals surface area (Å²) in [7, 11) is 0. The van der Waals surface area contributed by atoms with E-state index in [9.17, 15) is 4.79 Å². The molecular formula is C6H15N3O2. The highest BCUT2D eigenvalue weighted by atomic mass is 16.6. The third kappa shape index (κ3) is 7.24. The van der Waals surface area contributed by atoms with E-state index < -0.39 is 11.9 Å². The molecule has 5 nitrogen and oxygen atoms in total. The maximum absolute atomic E-state index is 10.8. The lowest BCUT2D eigenvalue weighted by Crippen LogP contribution is -2.61. The van der Waals surface area contributed by atoms with Gasteiger partial charge in [0, 0.05) is 6.42 Å². The standard InChI is InChI=1S/C6H15N3O2/c1-2-3-4-5(10)11-6(7,8)9/h2-4,7-9H2,1H3. The van der Waals surface area contributed by atoms with Gasteiger partial charge in [-0.25, -0.2) is 0 Å². The predicted molar refractivity (Wildman–Crippen MR) is 40.9 cm³/mol. The van der Waals surface area contributed by atoms with Crippen LogP contribution >= 0.6 is 0 Å². The zero-order valence-corrected chi connectivity index (χ0v) is 6.67. The van der Waals surface area contributed by atoms with Gasteiger partial charge < -0.3 is 4.74 Å². The Labute approximate surface area is 65.9 Å². The van der Waals surface area contributed by atoms with Crippen molar-refractivity contribution in [3.05, 3.63) is 0 Å². The van der Waals surface area contributed by atoms with E-state index in [1.807, 2.05) is 6.92 Å². The van der Waals surface area contributed by atoms with Crippen molar-refractivity contribution in [3.63, 3.8) is 0 Å². The molecule has 0 aliphatic carbocycles. The van der Waals surface area contributed by atoms with Gasteiger partial charge in [-0.15, -0.1) is 0 Å². The average Bonchev–Trinajstić information content (AvgIpc) is 1.79. The summed E-state index contributed by atoms with van der Waals surface area (Å²) in [5.74, 6) is -2.29. The fraction of sp³-hybridized carbons (Fsp3) is 0.833. The third-order valence-electron chi connectivity index (χ3n) is 1.03. The minimum atomic E-state index is -1.83. The van der Waals surface area contributed by atoms with Gasteiger partial charge in [0.1, 0.15) is 0 Å². The van der Waals surface area contributed by atoms with E-state index >= 15 is 0 Å². The summed E-state index contributed by atoms with van der Waals surface area (Å²) in [6.45, 7) is 1.97. The first-order valence-electron chi connectivity index (χ1n) is 3.54. The van der Waals surface area contributed by atoms with Crippen LogP contribution in [-0.2, 0) is 9.53 Å². The molecular weight excluding hydrogens is 146 g/mol. The number of esters is 1. The summed E-state index contributed by atoms with van der Waals surface area (Å²) in [5, 5.41) is 0. The lowest BCUT2D eigenvalue weighted by atomic mass is 10.2. The minimum Gasteiger partial charge on any atom is -0.416 e. The van der Waals surface area contributed by atoms with Crippen molar-refractivity contribution in [1.29, 1.82) is 0 Å². The Morgan fingerprint density at radius 3 is 2.36 bits per heavy atom. The van der Waals surface area contributed by atoms with Crippen LogP contribution in [-0.4, -0.2) is 11.9 Å². The van der Waals surface area contributed by atoms with Gasteiger partial charge in [-0.3, -0.25) is 22.0 Å². The molecule has 6 N–H and O–H groups in total. The van der Waals surface area contributed by atoms with Gasteiger partial charge in [-0.05, 0) is 6.42 Å². The average molecular weight is 161 g/mol. The highest BCUT2D eigenvalue weighted by Crippen LogP contribution is 1.97. The van der Waals surface area contributed by atoms with Crippen LogP contribution in [0.4, 0.5) is 0 Å². The van der Waals surface area contributed by atoms with E-state index in [2.05, 4.69) is 4.74 Å². The van der Waals surface area contributed by atoms with Gasteiger partial charge >= 0.3 is 5.97 Å². The summed E-state index contributed by atoms with van der Waals surface area (Å²) in [4.78, 5) is 10.8. The van der Waals surface area contributed by atoms with Crippen LogP contribution in [0.1, 0.15) is 26.2 Å². The Morgan fingerprint density at radius 1 is 1.45 bits per heavy atom. The number of ether oxygens (including phenoxy) is 1. The molecule has 0 rings (SSSR count). The van der Waals surface area contributed by atoms with Crippen LogP contribution in [0.5, 0.6) is 0 Å². The lowest BCUT2D eigenvalue weighted by Gasteiger charge is -2.18.